The lowest BCUT2D eigenvalue weighted by atomic mass is 9.83. The van der Waals surface area contributed by atoms with Gasteiger partial charge < -0.3 is 5.32 Å². The number of hydrogen-bond donors (Lipinski definition) is 1. The maximum absolute atomic E-state index is 13.6. The van der Waals surface area contributed by atoms with E-state index in [-0.39, 0.29) is 11.2 Å². The molecule has 0 amide bonds. The summed E-state index contributed by atoms with van der Waals surface area (Å²) in [5, 5.41) is 3.52. The lowest BCUT2D eigenvalue weighted by Gasteiger charge is -2.32. The molecule has 0 saturated heterocycles. The van der Waals surface area contributed by atoms with Gasteiger partial charge >= 0.3 is 0 Å². The van der Waals surface area contributed by atoms with E-state index in [0.29, 0.717) is 6.04 Å². The molecule has 1 rings (SSSR count). The maximum Gasteiger partial charge on any atom is 0.126 e. The van der Waals surface area contributed by atoms with E-state index < -0.39 is 0 Å². The molecule has 0 aliphatic carbocycles. The Balaban J connectivity index is 2.76. The predicted molar refractivity (Wildman–Crippen MR) is 71.6 cm³/mol. The average molecular weight is 237 g/mol. The summed E-state index contributed by atoms with van der Waals surface area (Å²) in [4.78, 5) is 0. The first kappa shape index (κ1) is 14.2. The van der Waals surface area contributed by atoms with Crippen LogP contribution in [-0.2, 0) is 6.42 Å². The lowest BCUT2D eigenvalue weighted by molar-refractivity contribution is 0.265. The fraction of sp³-hybridized carbons (Fsp3) is 0.600. The van der Waals surface area contributed by atoms with Crippen LogP contribution in [0.25, 0.3) is 0 Å². The monoisotopic (exact) mass is 237 g/mol. The molecule has 1 nitrogen and oxygen atoms in total. The Labute approximate surface area is 104 Å². The molecular weight excluding hydrogens is 213 g/mol. The van der Waals surface area contributed by atoms with E-state index in [0.717, 1.165) is 24.9 Å². The number of hydrogen-bond acceptors (Lipinski definition) is 1. The quantitative estimate of drug-likeness (QED) is 0.821. The highest BCUT2D eigenvalue weighted by molar-refractivity contribution is 5.19. The summed E-state index contributed by atoms with van der Waals surface area (Å²) in [6.45, 7) is 9.72. The van der Waals surface area contributed by atoms with Crippen molar-refractivity contribution in [1.82, 2.24) is 5.32 Å². The molecule has 0 aliphatic rings. The standard InChI is InChI=1S/C15H24FN/c1-5-10-17-14(15(2,3)4)11-12-8-6-7-9-13(12)16/h6-9,14,17H,5,10-11H2,1-4H3. The third-order valence-electron chi connectivity index (χ3n) is 3.07. The summed E-state index contributed by atoms with van der Waals surface area (Å²) in [6, 6.07) is 7.36. The first-order valence-electron chi connectivity index (χ1n) is 6.42. The molecule has 96 valence electrons. The maximum atomic E-state index is 13.6. The minimum absolute atomic E-state index is 0.0972. The van der Waals surface area contributed by atoms with Gasteiger partial charge in [0, 0.05) is 6.04 Å². The molecule has 1 atom stereocenters. The van der Waals surface area contributed by atoms with Crippen molar-refractivity contribution in [2.24, 2.45) is 5.41 Å². The Kier molecular flexibility index (Phi) is 5.13. The Bertz CT molecular complexity index is 341. The van der Waals surface area contributed by atoms with Gasteiger partial charge in [-0.25, -0.2) is 4.39 Å². The van der Waals surface area contributed by atoms with Gasteiger partial charge in [-0.15, -0.1) is 0 Å². The van der Waals surface area contributed by atoms with Gasteiger partial charge in [0.05, 0.1) is 0 Å². The molecule has 17 heavy (non-hydrogen) atoms. The molecule has 1 aromatic rings. The van der Waals surface area contributed by atoms with E-state index in [9.17, 15) is 4.39 Å². The van der Waals surface area contributed by atoms with Crippen LogP contribution in [0.1, 0.15) is 39.7 Å². The van der Waals surface area contributed by atoms with Crippen LogP contribution >= 0.6 is 0 Å². The van der Waals surface area contributed by atoms with Crippen molar-refractivity contribution in [3.63, 3.8) is 0 Å². The van der Waals surface area contributed by atoms with Gasteiger partial charge in [-0.2, -0.15) is 0 Å². The van der Waals surface area contributed by atoms with Crippen LogP contribution in [0, 0.1) is 11.2 Å². The molecule has 1 aromatic carbocycles. The van der Waals surface area contributed by atoms with Gasteiger partial charge in [0.1, 0.15) is 5.82 Å². The van der Waals surface area contributed by atoms with Gasteiger partial charge in [-0.3, -0.25) is 0 Å². The minimum Gasteiger partial charge on any atom is -0.313 e. The summed E-state index contributed by atoms with van der Waals surface area (Å²) in [6.07, 6.45) is 1.85. The van der Waals surface area contributed by atoms with Crippen LogP contribution in [0.15, 0.2) is 24.3 Å². The predicted octanol–water partition coefficient (Wildman–Crippen LogP) is 3.78. The van der Waals surface area contributed by atoms with E-state index in [2.05, 4.69) is 33.0 Å². The van der Waals surface area contributed by atoms with E-state index in [1.54, 1.807) is 6.07 Å². The number of benzene rings is 1. The SMILES string of the molecule is CCCNC(Cc1ccccc1F)C(C)(C)C. The zero-order valence-corrected chi connectivity index (χ0v) is 11.4. The molecule has 0 radical (unpaired) electrons. The Morgan fingerprint density at radius 2 is 1.88 bits per heavy atom. The zero-order valence-electron chi connectivity index (χ0n) is 11.4. The second-order valence-electron chi connectivity index (χ2n) is 5.67. The first-order valence-corrected chi connectivity index (χ1v) is 6.42. The molecule has 0 saturated carbocycles. The summed E-state index contributed by atoms with van der Waals surface area (Å²) in [7, 11) is 0. The molecule has 1 unspecified atom stereocenters. The van der Waals surface area contributed by atoms with E-state index >= 15 is 0 Å². The number of halogens is 1. The van der Waals surface area contributed by atoms with Gasteiger partial charge in [-0.05, 0) is 36.4 Å². The smallest absolute Gasteiger partial charge is 0.126 e. The average Bonchev–Trinajstić information content (AvgIpc) is 2.25. The van der Waals surface area contributed by atoms with Crippen molar-refractivity contribution < 1.29 is 4.39 Å². The second kappa shape index (κ2) is 6.15. The van der Waals surface area contributed by atoms with Gasteiger partial charge in [0.15, 0.2) is 0 Å². The first-order chi connectivity index (χ1) is 7.95. The van der Waals surface area contributed by atoms with Crippen molar-refractivity contribution in [1.29, 1.82) is 0 Å². The van der Waals surface area contributed by atoms with Crippen molar-refractivity contribution in [2.45, 2.75) is 46.6 Å². The van der Waals surface area contributed by atoms with Crippen LogP contribution in [0.2, 0.25) is 0 Å². The molecule has 0 heterocycles. The van der Waals surface area contributed by atoms with Crippen LogP contribution in [-0.4, -0.2) is 12.6 Å². The fourth-order valence-electron chi connectivity index (χ4n) is 1.89. The summed E-state index contributed by atoms with van der Waals surface area (Å²) in [5.74, 6) is -0.0972. The highest BCUT2D eigenvalue weighted by Crippen LogP contribution is 2.23. The Morgan fingerprint density at radius 1 is 1.24 bits per heavy atom. The van der Waals surface area contributed by atoms with Crippen LogP contribution in [0.4, 0.5) is 4.39 Å². The molecule has 0 aromatic heterocycles. The second-order valence-corrected chi connectivity index (χ2v) is 5.67. The van der Waals surface area contributed by atoms with Crippen molar-refractivity contribution in [2.75, 3.05) is 6.54 Å². The third kappa shape index (κ3) is 4.47. The fourth-order valence-corrected chi connectivity index (χ4v) is 1.89. The summed E-state index contributed by atoms with van der Waals surface area (Å²) in [5.41, 5.74) is 0.938. The largest absolute Gasteiger partial charge is 0.313 e. The van der Waals surface area contributed by atoms with Gasteiger partial charge in [0.25, 0.3) is 0 Å². The zero-order chi connectivity index (χ0) is 12.9. The highest BCUT2D eigenvalue weighted by atomic mass is 19.1. The molecule has 2 heteroatoms. The lowest BCUT2D eigenvalue weighted by Crippen LogP contribution is -2.42. The molecule has 0 aliphatic heterocycles. The van der Waals surface area contributed by atoms with Crippen molar-refractivity contribution in [3.05, 3.63) is 35.6 Å². The Hall–Kier alpha value is -0.890. The summed E-state index contributed by atoms with van der Waals surface area (Å²) >= 11 is 0. The van der Waals surface area contributed by atoms with E-state index in [1.165, 1.54) is 6.07 Å². The van der Waals surface area contributed by atoms with E-state index in [1.807, 2.05) is 12.1 Å². The van der Waals surface area contributed by atoms with Crippen LogP contribution in [0.5, 0.6) is 0 Å². The third-order valence-corrected chi connectivity index (χ3v) is 3.07. The highest BCUT2D eigenvalue weighted by Gasteiger charge is 2.24. The van der Waals surface area contributed by atoms with Crippen LogP contribution < -0.4 is 5.32 Å². The Morgan fingerprint density at radius 3 is 2.41 bits per heavy atom. The van der Waals surface area contributed by atoms with Gasteiger partial charge in [0.2, 0.25) is 0 Å². The number of nitrogens with one attached hydrogen (secondary N) is 1. The normalized spacial score (nSPS) is 13.7. The number of rotatable bonds is 5. The van der Waals surface area contributed by atoms with E-state index in [4.69, 9.17) is 0 Å². The van der Waals surface area contributed by atoms with Gasteiger partial charge in [-0.1, -0.05) is 45.9 Å². The minimum atomic E-state index is -0.0972. The topological polar surface area (TPSA) is 12.0 Å². The molecule has 1 N–H and O–H groups in total. The molecule has 0 fully saturated rings. The molecule has 0 spiro atoms. The molecule has 0 bridgehead atoms. The van der Waals surface area contributed by atoms with Crippen molar-refractivity contribution in [3.8, 4) is 0 Å². The summed E-state index contributed by atoms with van der Waals surface area (Å²) < 4.78 is 13.6. The van der Waals surface area contributed by atoms with Crippen LogP contribution in [0.3, 0.4) is 0 Å². The van der Waals surface area contributed by atoms with Crippen molar-refractivity contribution >= 4 is 0 Å². The molecular formula is C15H24FN.